The molecule has 0 N–H and O–H groups in total. The minimum absolute atomic E-state index is 0. The predicted molar refractivity (Wildman–Crippen MR) is 46.1 cm³/mol. The third-order valence-corrected chi connectivity index (χ3v) is 1.68. The fourth-order valence-corrected chi connectivity index (χ4v) is 1.16. The van der Waals surface area contributed by atoms with Crippen molar-refractivity contribution in [2.75, 3.05) is 0 Å². The van der Waals surface area contributed by atoms with Gasteiger partial charge in [0.25, 0.3) is 0 Å². The molecule has 0 spiro atoms. The Morgan fingerprint density at radius 3 is 2.77 bits per heavy atom. The van der Waals surface area contributed by atoms with Crippen LogP contribution in [0.5, 0.6) is 0 Å². The van der Waals surface area contributed by atoms with Crippen LogP contribution in [0.3, 0.4) is 0 Å². The second-order valence-corrected chi connectivity index (χ2v) is 2.59. The summed E-state index contributed by atoms with van der Waals surface area (Å²) in [4.78, 5) is 19.1. The van der Waals surface area contributed by atoms with Crippen LogP contribution in [0.1, 0.15) is 5.82 Å². The van der Waals surface area contributed by atoms with E-state index >= 15 is 0 Å². The Labute approximate surface area is 100 Å². The van der Waals surface area contributed by atoms with Gasteiger partial charge in [0.1, 0.15) is 0 Å². The molecule has 0 saturated carbocycles. The van der Waals surface area contributed by atoms with Gasteiger partial charge in [-0.25, -0.2) is 0 Å². The standard InChI is InChI=1S/C9H8N2O.Y/c1-6-10-8-5-3-2-4-7(8)9(12)11-6;/h2-5H,1H3,(H,10,11,12);/q;+3/p-1. The van der Waals surface area contributed by atoms with E-state index in [4.69, 9.17) is 0 Å². The van der Waals surface area contributed by atoms with E-state index in [0.717, 1.165) is 5.52 Å². The first-order valence-electron chi connectivity index (χ1n) is 3.68. The number of aromatic nitrogens is 2. The topological polar surface area (TPSA) is 44.1 Å². The molecule has 0 fully saturated rings. The van der Waals surface area contributed by atoms with Crippen LogP contribution >= 0.6 is 0 Å². The summed E-state index contributed by atoms with van der Waals surface area (Å²) in [6.07, 6.45) is 0. The molecule has 0 bridgehead atoms. The second kappa shape index (κ2) is 4.12. The molecule has 1 heterocycles. The Kier molecular flexibility index (Phi) is 3.34. The molecule has 0 unspecified atom stereocenters. The van der Waals surface area contributed by atoms with Crippen molar-refractivity contribution in [3.63, 3.8) is 0 Å². The normalized spacial score (nSPS) is 9.62. The van der Waals surface area contributed by atoms with Crippen LogP contribution in [0.15, 0.2) is 29.1 Å². The molecule has 2 aromatic rings. The molecule has 0 radical (unpaired) electrons. The van der Waals surface area contributed by atoms with Crippen LogP contribution in [0.4, 0.5) is 0 Å². The van der Waals surface area contributed by atoms with Crippen LogP contribution in [-0.2, 0) is 32.7 Å². The second-order valence-electron chi connectivity index (χ2n) is 2.59. The van der Waals surface area contributed by atoms with E-state index in [1.807, 2.05) is 18.2 Å². The van der Waals surface area contributed by atoms with Gasteiger partial charge in [-0.2, -0.15) is 0 Å². The maximum Gasteiger partial charge on any atom is 3.00 e. The zero-order valence-corrected chi connectivity index (χ0v) is 10.0. The Morgan fingerprint density at radius 2 is 2.00 bits per heavy atom. The van der Waals surface area contributed by atoms with Crippen molar-refractivity contribution in [2.45, 2.75) is 6.92 Å². The summed E-state index contributed by atoms with van der Waals surface area (Å²) in [6, 6.07) is 7.21. The molecule has 3 nitrogen and oxygen atoms in total. The quantitative estimate of drug-likeness (QED) is 0.694. The molecule has 4 heteroatoms. The molecule has 0 aliphatic rings. The Bertz CT molecular complexity index is 478. The number of para-hydroxylation sites is 1. The predicted octanol–water partition coefficient (Wildman–Crippen LogP) is 0.858. The summed E-state index contributed by atoms with van der Waals surface area (Å²) in [7, 11) is 0. The maximum atomic E-state index is 11.2. The Balaban J connectivity index is 0.000000845. The monoisotopic (exact) mass is 248 g/mol. The van der Waals surface area contributed by atoms with Gasteiger partial charge >= 0.3 is 32.7 Å². The van der Waals surface area contributed by atoms with E-state index in [2.05, 4.69) is 9.97 Å². The van der Waals surface area contributed by atoms with Crippen molar-refractivity contribution in [1.82, 2.24) is 9.97 Å². The molecule has 2 rings (SSSR count). The van der Waals surface area contributed by atoms with Gasteiger partial charge in [0.05, 0.1) is 0 Å². The van der Waals surface area contributed by atoms with Gasteiger partial charge in [0, 0.05) is 5.39 Å². The van der Waals surface area contributed by atoms with E-state index < -0.39 is 0 Å². The van der Waals surface area contributed by atoms with E-state index in [9.17, 15) is 4.79 Å². The van der Waals surface area contributed by atoms with Gasteiger partial charge in [-0.05, 0) is 12.4 Å². The van der Waals surface area contributed by atoms with E-state index in [-0.39, 0.29) is 38.3 Å². The molecule has 60 valence electrons. The molecule has 0 aliphatic heterocycles. The average Bonchev–Trinajstić information content (AvgIpc) is 2.04. The average molecular weight is 248 g/mol. The third-order valence-electron chi connectivity index (χ3n) is 1.68. The zero-order valence-electron chi connectivity index (χ0n) is 7.19. The molecular weight excluding hydrogens is 241 g/mol. The fraction of sp³-hybridized carbons (Fsp3) is 0.111. The van der Waals surface area contributed by atoms with Crippen molar-refractivity contribution in [1.29, 1.82) is 0 Å². The van der Waals surface area contributed by atoms with Gasteiger partial charge in [0.15, 0.2) is 5.56 Å². The molecular formula is C9H7N2OY+2. The van der Waals surface area contributed by atoms with E-state index in [0.29, 0.717) is 11.2 Å². The van der Waals surface area contributed by atoms with Gasteiger partial charge < -0.3 is 9.97 Å². The van der Waals surface area contributed by atoms with Crippen molar-refractivity contribution >= 4 is 10.9 Å². The molecule has 0 saturated heterocycles. The van der Waals surface area contributed by atoms with Crippen LogP contribution in [0.2, 0.25) is 0 Å². The summed E-state index contributed by atoms with van der Waals surface area (Å²) in [5.41, 5.74) is 0.521. The van der Waals surface area contributed by atoms with Gasteiger partial charge in [-0.3, -0.25) is 4.79 Å². The smallest absolute Gasteiger partial charge is 0.439 e. The number of hydrogen-bond donors (Lipinski definition) is 0. The number of rotatable bonds is 0. The van der Waals surface area contributed by atoms with Gasteiger partial charge in [-0.1, -0.05) is 30.1 Å². The van der Waals surface area contributed by atoms with Crippen LogP contribution in [0, 0.1) is 6.92 Å². The fourth-order valence-electron chi connectivity index (χ4n) is 1.16. The molecule has 13 heavy (non-hydrogen) atoms. The third kappa shape index (κ3) is 2.03. The van der Waals surface area contributed by atoms with Crippen LogP contribution in [0.25, 0.3) is 10.9 Å². The minimum atomic E-state index is -0.196. The first-order chi connectivity index (χ1) is 5.77. The number of aryl methyl sites for hydroxylation is 1. The van der Waals surface area contributed by atoms with Crippen molar-refractivity contribution in [3.8, 4) is 0 Å². The Hall–Kier alpha value is -0.536. The molecule has 1 aromatic heterocycles. The maximum absolute atomic E-state index is 11.2. The number of nitrogens with zero attached hydrogens (tertiary/aromatic N) is 2. The summed E-state index contributed by atoms with van der Waals surface area (Å²) < 4.78 is 0. The van der Waals surface area contributed by atoms with Crippen molar-refractivity contribution < 1.29 is 32.7 Å². The van der Waals surface area contributed by atoms with Gasteiger partial charge in [-0.15, -0.1) is 0 Å². The van der Waals surface area contributed by atoms with E-state index in [1.165, 1.54) is 0 Å². The number of fused-ring (bicyclic) bond motifs is 1. The minimum Gasteiger partial charge on any atom is -0.439 e. The molecule has 0 aliphatic carbocycles. The van der Waals surface area contributed by atoms with Crippen molar-refractivity contribution in [3.05, 3.63) is 40.4 Å². The first kappa shape index (κ1) is 10.5. The van der Waals surface area contributed by atoms with Crippen LogP contribution < -0.4 is 10.5 Å². The zero-order chi connectivity index (χ0) is 8.55. The molecule has 0 amide bonds. The molecule has 1 aromatic carbocycles. The molecule has 0 atom stereocenters. The largest absolute Gasteiger partial charge is 3.00 e. The Morgan fingerprint density at radius 1 is 1.31 bits per heavy atom. The summed E-state index contributed by atoms with van der Waals surface area (Å²) in [6.45, 7) is 1.72. The summed E-state index contributed by atoms with van der Waals surface area (Å²) >= 11 is 0. The SMILES string of the molecule is Cc1nc2ccccc2c(=O)[n-]1.[Y+3]. The van der Waals surface area contributed by atoms with Crippen molar-refractivity contribution in [2.24, 2.45) is 0 Å². The number of hydrogen-bond acceptors (Lipinski definition) is 2. The summed E-state index contributed by atoms with van der Waals surface area (Å²) in [5.74, 6) is 0.527. The van der Waals surface area contributed by atoms with Crippen LogP contribution in [-0.4, -0.2) is 4.98 Å². The van der Waals surface area contributed by atoms with E-state index in [1.54, 1.807) is 13.0 Å². The number of benzene rings is 1. The summed E-state index contributed by atoms with van der Waals surface area (Å²) in [5, 5.41) is 0.586. The van der Waals surface area contributed by atoms with Gasteiger partial charge in [0.2, 0.25) is 0 Å². The first-order valence-corrected chi connectivity index (χ1v) is 3.68.